The zero-order valence-corrected chi connectivity index (χ0v) is 12.0. The van der Waals surface area contributed by atoms with Gasteiger partial charge in [0.1, 0.15) is 0 Å². The number of hydrogen-bond acceptors (Lipinski definition) is 1. The second-order valence-electron chi connectivity index (χ2n) is 5.74. The second kappa shape index (κ2) is 5.80. The van der Waals surface area contributed by atoms with Crippen molar-refractivity contribution in [1.29, 1.82) is 0 Å². The average Bonchev–Trinajstić information content (AvgIpc) is 2.54. The number of hydrogen-bond donors (Lipinski definition) is 1. The van der Waals surface area contributed by atoms with E-state index in [1.54, 1.807) is 0 Å². The van der Waals surface area contributed by atoms with Crippen LogP contribution in [0.5, 0.6) is 0 Å². The van der Waals surface area contributed by atoms with Gasteiger partial charge in [-0.05, 0) is 47.9 Å². The van der Waals surface area contributed by atoms with Crippen LogP contribution in [0.2, 0.25) is 0 Å². The van der Waals surface area contributed by atoms with Gasteiger partial charge in [0.05, 0.1) is 6.10 Å². The number of aliphatic hydroxyl groups excluding tert-OH is 1. The molecular formula is C19H22O. The highest BCUT2D eigenvalue weighted by molar-refractivity contribution is 5.36. The van der Waals surface area contributed by atoms with Gasteiger partial charge in [-0.1, -0.05) is 55.5 Å². The quantitative estimate of drug-likeness (QED) is 0.873. The number of rotatable bonds is 3. The summed E-state index contributed by atoms with van der Waals surface area (Å²) in [5, 5.41) is 10.8. The van der Waals surface area contributed by atoms with E-state index in [0.29, 0.717) is 0 Å². The second-order valence-corrected chi connectivity index (χ2v) is 5.74. The van der Waals surface area contributed by atoms with Crippen molar-refractivity contribution in [2.75, 3.05) is 0 Å². The molecule has 2 aromatic carbocycles. The third kappa shape index (κ3) is 2.51. The van der Waals surface area contributed by atoms with Crippen LogP contribution in [0, 0.1) is 0 Å². The molecule has 0 radical (unpaired) electrons. The Labute approximate surface area is 121 Å². The molecule has 104 valence electrons. The molecule has 1 N–H and O–H groups in total. The largest absolute Gasteiger partial charge is 0.388 e. The van der Waals surface area contributed by atoms with Gasteiger partial charge in [-0.25, -0.2) is 0 Å². The Bertz CT molecular complexity index is 571. The lowest BCUT2D eigenvalue weighted by Crippen LogP contribution is -2.17. The minimum atomic E-state index is -0.387. The Morgan fingerprint density at radius 2 is 1.85 bits per heavy atom. The molecule has 0 bridgehead atoms. The van der Waals surface area contributed by atoms with Crippen molar-refractivity contribution in [2.24, 2.45) is 0 Å². The van der Waals surface area contributed by atoms with Crippen LogP contribution in [-0.4, -0.2) is 5.11 Å². The molecule has 1 heteroatoms. The van der Waals surface area contributed by atoms with Gasteiger partial charge in [-0.15, -0.1) is 0 Å². The molecule has 1 nitrogen and oxygen atoms in total. The van der Waals surface area contributed by atoms with Crippen LogP contribution >= 0.6 is 0 Å². The van der Waals surface area contributed by atoms with E-state index in [4.69, 9.17) is 0 Å². The molecule has 0 heterocycles. The maximum atomic E-state index is 10.8. The summed E-state index contributed by atoms with van der Waals surface area (Å²) in [5.41, 5.74) is 5.12. The van der Waals surface area contributed by atoms with Gasteiger partial charge >= 0.3 is 0 Å². The van der Waals surface area contributed by atoms with Gasteiger partial charge in [-0.3, -0.25) is 0 Å². The minimum absolute atomic E-state index is 0.243. The third-order valence-corrected chi connectivity index (χ3v) is 4.53. The molecule has 3 rings (SSSR count). The number of fused-ring (bicyclic) bond motifs is 1. The van der Waals surface area contributed by atoms with Gasteiger partial charge in [0.15, 0.2) is 0 Å². The van der Waals surface area contributed by atoms with E-state index in [1.807, 2.05) is 0 Å². The molecule has 1 aliphatic carbocycles. The average molecular weight is 266 g/mol. The van der Waals surface area contributed by atoms with Gasteiger partial charge in [0, 0.05) is 5.92 Å². The molecule has 0 aliphatic heterocycles. The van der Waals surface area contributed by atoms with Crippen LogP contribution in [0.3, 0.4) is 0 Å². The topological polar surface area (TPSA) is 20.2 Å². The summed E-state index contributed by atoms with van der Waals surface area (Å²) < 4.78 is 0. The maximum Gasteiger partial charge on any atom is 0.0858 e. The van der Waals surface area contributed by atoms with Gasteiger partial charge in [0.2, 0.25) is 0 Å². The Morgan fingerprint density at radius 3 is 2.60 bits per heavy atom. The van der Waals surface area contributed by atoms with E-state index in [-0.39, 0.29) is 12.0 Å². The van der Waals surface area contributed by atoms with Crippen LogP contribution in [0.4, 0.5) is 0 Å². The number of aliphatic hydroxyl groups is 1. The molecule has 0 saturated carbocycles. The lowest BCUT2D eigenvalue weighted by atomic mass is 9.78. The molecule has 1 aliphatic rings. The van der Waals surface area contributed by atoms with Crippen LogP contribution in [0.25, 0.3) is 0 Å². The van der Waals surface area contributed by atoms with Crippen molar-refractivity contribution in [3.05, 3.63) is 70.8 Å². The van der Waals surface area contributed by atoms with E-state index < -0.39 is 0 Å². The summed E-state index contributed by atoms with van der Waals surface area (Å²) in [6.07, 6.45) is 4.05. The summed E-state index contributed by atoms with van der Waals surface area (Å²) in [6.45, 7) is 2.16. The Balaban J connectivity index is 1.89. The molecule has 2 atom stereocenters. The third-order valence-electron chi connectivity index (χ3n) is 4.53. The first-order valence-corrected chi connectivity index (χ1v) is 7.64. The first-order valence-electron chi connectivity index (χ1n) is 7.64. The molecule has 2 unspecified atom stereocenters. The highest BCUT2D eigenvalue weighted by Crippen LogP contribution is 2.40. The first-order chi connectivity index (χ1) is 9.79. The zero-order chi connectivity index (χ0) is 13.9. The van der Waals surface area contributed by atoms with Crippen molar-refractivity contribution in [1.82, 2.24) is 0 Å². The zero-order valence-electron chi connectivity index (χ0n) is 12.0. The van der Waals surface area contributed by atoms with Crippen molar-refractivity contribution in [2.45, 2.75) is 44.6 Å². The van der Waals surface area contributed by atoms with Crippen LogP contribution in [0.1, 0.15) is 54.0 Å². The lowest BCUT2D eigenvalue weighted by molar-refractivity contribution is 0.136. The highest BCUT2D eigenvalue weighted by Gasteiger charge is 2.27. The van der Waals surface area contributed by atoms with Crippen LogP contribution < -0.4 is 0 Å². The van der Waals surface area contributed by atoms with Crippen LogP contribution in [0.15, 0.2) is 48.5 Å². The van der Waals surface area contributed by atoms with E-state index >= 15 is 0 Å². The minimum Gasteiger partial charge on any atom is -0.388 e. The predicted octanol–water partition coefficient (Wildman–Crippen LogP) is 4.40. The molecule has 0 fully saturated rings. The first kappa shape index (κ1) is 13.4. The number of benzene rings is 2. The summed E-state index contributed by atoms with van der Waals surface area (Å²) in [7, 11) is 0. The smallest absolute Gasteiger partial charge is 0.0858 e. The fourth-order valence-corrected chi connectivity index (χ4v) is 3.30. The molecule has 0 aromatic heterocycles. The number of aryl methyl sites for hydroxylation is 2. The van der Waals surface area contributed by atoms with Gasteiger partial charge in [-0.2, -0.15) is 0 Å². The van der Waals surface area contributed by atoms with E-state index in [9.17, 15) is 5.11 Å². The molecule has 2 aromatic rings. The monoisotopic (exact) mass is 266 g/mol. The fraction of sp³-hybridized carbons (Fsp3) is 0.368. The highest BCUT2D eigenvalue weighted by atomic mass is 16.3. The standard InChI is InChI=1S/C19H22O/c1-2-14-10-12-16(13-11-14)19(20)18-9-5-7-15-6-3-4-8-17(15)18/h3-4,6,8,10-13,18-20H,2,5,7,9H2,1H3. The van der Waals surface area contributed by atoms with Crippen LogP contribution in [-0.2, 0) is 12.8 Å². The lowest BCUT2D eigenvalue weighted by Gasteiger charge is -2.29. The Hall–Kier alpha value is -1.60. The molecular weight excluding hydrogens is 244 g/mol. The molecule has 20 heavy (non-hydrogen) atoms. The van der Waals surface area contributed by atoms with Crippen molar-refractivity contribution in [3.8, 4) is 0 Å². The molecule has 0 spiro atoms. The normalized spacial score (nSPS) is 19.4. The Morgan fingerprint density at radius 1 is 1.10 bits per heavy atom. The van der Waals surface area contributed by atoms with Gasteiger partial charge in [0.25, 0.3) is 0 Å². The van der Waals surface area contributed by atoms with Crippen molar-refractivity contribution >= 4 is 0 Å². The fourth-order valence-electron chi connectivity index (χ4n) is 3.30. The van der Waals surface area contributed by atoms with Gasteiger partial charge < -0.3 is 5.11 Å². The molecule has 0 saturated heterocycles. The predicted molar refractivity (Wildman–Crippen MR) is 82.9 cm³/mol. The summed E-state index contributed by atoms with van der Waals surface area (Å²) >= 11 is 0. The van der Waals surface area contributed by atoms with E-state index in [1.165, 1.54) is 23.1 Å². The summed E-state index contributed by atoms with van der Waals surface area (Å²) in [6, 6.07) is 17.0. The maximum absolute atomic E-state index is 10.8. The van der Waals surface area contributed by atoms with Crippen molar-refractivity contribution < 1.29 is 5.11 Å². The summed E-state index contributed by atoms with van der Waals surface area (Å²) in [4.78, 5) is 0. The SMILES string of the molecule is CCc1ccc(C(O)C2CCCc3ccccc32)cc1. The molecule has 0 amide bonds. The van der Waals surface area contributed by atoms with Crippen molar-refractivity contribution in [3.63, 3.8) is 0 Å². The Kier molecular flexibility index (Phi) is 3.88. The van der Waals surface area contributed by atoms with E-state index in [0.717, 1.165) is 24.8 Å². The summed E-state index contributed by atoms with van der Waals surface area (Å²) in [5.74, 6) is 0.243. The van der Waals surface area contributed by atoms with E-state index in [2.05, 4.69) is 55.5 Å².